The number of nitrogens with one attached hydrogen (secondary N) is 1. The van der Waals surface area contributed by atoms with Crippen LogP contribution in [0.2, 0.25) is 0 Å². The van der Waals surface area contributed by atoms with E-state index in [1.807, 2.05) is 41.9 Å². The number of fused-ring (bicyclic) bond motifs is 1. The zero-order chi connectivity index (χ0) is 16.9. The fraction of sp³-hybridized carbons (Fsp3) is 0.263. The van der Waals surface area contributed by atoms with Crippen molar-refractivity contribution in [1.29, 1.82) is 0 Å². The van der Waals surface area contributed by atoms with E-state index >= 15 is 0 Å². The van der Waals surface area contributed by atoms with E-state index in [4.69, 9.17) is 0 Å². The lowest BCUT2D eigenvalue weighted by Crippen LogP contribution is -2.32. The SMILES string of the molecule is CC(Cc1ccc(F)cc1)C(=O)NCCc1ncc2ccccn12. The molecule has 1 unspecified atom stereocenters. The summed E-state index contributed by atoms with van der Waals surface area (Å²) in [6.07, 6.45) is 5.07. The largest absolute Gasteiger partial charge is 0.355 e. The summed E-state index contributed by atoms with van der Waals surface area (Å²) in [5.41, 5.74) is 2.00. The van der Waals surface area contributed by atoms with E-state index in [9.17, 15) is 9.18 Å². The highest BCUT2D eigenvalue weighted by Gasteiger charge is 2.13. The lowest BCUT2D eigenvalue weighted by Gasteiger charge is -2.12. The molecule has 1 aromatic carbocycles. The number of amides is 1. The minimum Gasteiger partial charge on any atom is -0.355 e. The van der Waals surface area contributed by atoms with Gasteiger partial charge in [-0.1, -0.05) is 25.1 Å². The van der Waals surface area contributed by atoms with Crippen LogP contribution >= 0.6 is 0 Å². The Morgan fingerprint density at radius 3 is 2.83 bits per heavy atom. The standard InChI is InChI=1S/C19H20FN3O/c1-14(12-15-5-7-16(20)8-6-15)19(24)21-10-9-18-22-13-17-4-2-3-11-23(17)18/h2-8,11,13-14H,9-10,12H2,1H3,(H,21,24). The summed E-state index contributed by atoms with van der Waals surface area (Å²) in [5, 5.41) is 2.95. The molecule has 0 bridgehead atoms. The number of carbonyl (C=O) groups excluding carboxylic acids is 1. The number of benzene rings is 1. The molecule has 0 saturated carbocycles. The highest BCUT2D eigenvalue weighted by atomic mass is 19.1. The maximum atomic E-state index is 12.9. The first-order valence-electron chi connectivity index (χ1n) is 8.06. The van der Waals surface area contributed by atoms with E-state index in [2.05, 4.69) is 10.3 Å². The molecule has 4 nitrogen and oxygen atoms in total. The van der Waals surface area contributed by atoms with Crippen molar-refractivity contribution in [3.63, 3.8) is 0 Å². The van der Waals surface area contributed by atoms with Crippen LogP contribution in [-0.2, 0) is 17.6 Å². The predicted molar refractivity (Wildman–Crippen MR) is 91.2 cm³/mol. The Kier molecular flexibility index (Phi) is 4.89. The topological polar surface area (TPSA) is 46.4 Å². The van der Waals surface area contributed by atoms with Crippen LogP contribution < -0.4 is 5.32 Å². The molecular weight excluding hydrogens is 305 g/mol. The zero-order valence-corrected chi connectivity index (χ0v) is 13.6. The molecule has 1 atom stereocenters. The number of imidazole rings is 1. The summed E-state index contributed by atoms with van der Waals surface area (Å²) in [6.45, 7) is 2.42. The van der Waals surface area contributed by atoms with Crippen molar-refractivity contribution >= 4 is 11.4 Å². The third-order valence-corrected chi connectivity index (χ3v) is 4.07. The van der Waals surface area contributed by atoms with Crippen LogP contribution in [0.1, 0.15) is 18.3 Å². The summed E-state index contributed by atoms with van der Waals surface area (Å²) in [4.78, 5) is 16.6. The number of nitrogens with zero attached hydrogens (tertiary/aromatic N) is 2. The first-order chi connectivity index (χ1) is 11.6. The molecule has 1 N–H and O–H groups in total. The number of hydrogen-bond acceptors (Lipinski definition) is 2. The second-order valence-electron chi connectivity index (χ2n) is 5.94. The number of pyridine rings is 1. The Labute approximate surface area is 140 Å². The zero-order valence-electron chi connectivity index (χ0n) is 13.6. The van der Waals surface area contributed by atoms with Gasteiger partial charge in [0.25, 0.3) is 0 Å². The maximum absolute atomic E-state index is 12.9. The quantitative estimate of drug-likeness (QED) is 0.757. The molecule has 3 rings (SSSR count). The number of hydrogen-bond donors (Lipinski definition) is 1. The van der Waals surface area contributed by atoms with Gasteiger partial charge in [0.15, 0.2) is 0 Å². The van der Waals surface area contributed by atoms with Crippen LogP contribution in [0.4, 0.5) is 4.39 Å². The Hall–Kier alpha value is -2.69. The predicted octanol–water partition coefficient (Wildman–Crippen LogP) is 3.01. The molecule has 124 valence electrons. The molecule has 0 fully saturated rings. The fourth-order valence-electron chi connectivity index (χ4n) is 2.72. The molecule has 0 aliphatic carbocycles. The van der Waals surface area contributed by atoms with Crippen molar-refractivity contribution < 1.29 is 9.18 Å². The van der Waals surface area contributed by atoms with Crippen LogP contribution in [-0.4, -0.2) is 21.8 Å². The summed E-state index contributed by atoms with van der Waals surface area (Å²) in [5.74, 6) is 0.507. The average molecular weight is 325 g/mol. The Bertz CT molecular complexity index is 826. The summed E-state index contributed by atoms with van der Waals surface area (Å²) >= 11 is 0. The molecule has 0 radical (unpaired) electrons. The van der Waals surface area contributed by atoms with Gasteiger partial charge in [-0.05, 0) is 36.2 Å². The van der Waals surface area contributed by atoms with Gasteiger partial charge in [-0.15, -0.1) is 0 Å². The number of rotatable bonds is 6. The van der Waals surface area contributed by atoms with E-state index in [0.29, 0.717) is 19.4 Å². The van der Waals surface area contributed by atoms with Gasteiger partial charge >= 0.3 is 0 Å². The van der Waals surface area contributed by atoms with Gasteiger partial charge in [0, 0.05) is 25.1 Å². The molecule has 0 spiro atoms. The molecule has 0 saturated heterocycles. The smallest absolute Gasteiger partial charge is 0.223 e. The number of carbonyl (C=O) groups is 1. The van der Waals surface area contributed by atoms with E-state index in [-0.39, 0.29) is 17.6 Å². The van der Waals surface area contributed by atoms with Crippen LogP contribution in [0.25, 0.3) is 5.52 Å². The van der Waals surface area contributed by atoms with Gasteiger partial charge in [-0.3, -0.25) is 4.79 Å². The van der Waals surface area contributed by atoms with Gasteiger partial charge in [-0.25, -0.2) is 9.37 Å². The Balaban J connectivity index is 1.50. The molecule has 2 aromatic heterocycles. The summed E-state index contributed by atoms with van der Waals surface area (Å²) in [7, 11) is 0. The molecule has 2 heterocycles. The molecule has 5 heteroatoms. The average Bonchev–Trinajstić information content (AvgIpc) is 3.00. The van der Waals surface area contributed by atoms with Crippen molar-refractivity contribution in [3.05, 3.63) is 72.1 Å². The first kappa shape index (κ1) is 16.2. The lowest BCUT2D eigenvalue weighted by molar-refractivity contribution is -0.124. The van der Waals surface area contributed by atoms with Crippen LogP contribution in [0.5, 0.6) is 0 Å². The normalized spacial score (nSPS) is 12.2. The number of halogens is 1. The fourth-order valence-corrected chi connectivity index (χ4v) is 2.72. The third kappa shape index (κ3) is 3.79. The number of aromatic nitrogens is 2. The second-order valence-corrected chi connectivity index (χ2v) is 5.94. The van der Waals surface area contributed by atoms with Crippen LogP contribution in [0, 0.1) is 11.7 Å². The molecular formula is C19H20FN3O. The molecule has 1 amide bonds. The van der Waals surface area contributed by atoms with Crippen molar-refractivity contribution in [3.8, 4) is 0 Å². The van der Waals surface area contributed by atoms with Crippen molar-refractivity contribution in [2.75, 3.05) is 6.54 Å². The van der Waals surface area contributed by atoms with Gasteiger partial charge in [-0.2, -0.15) is 0 Å². The first-order valence-corrected chi connectivity index (χ1v) is 8.06. The van der Waals surface area contributed by atoms with E-state index < -0.39 is 0 Å². The molecule has 0 aliphatic heterocycles. The van der Waals surface area contributed by atoms with E-state index in [1.165, 1.54) is 12.1 Å². The van der Waals surface area contributed by atoms with Crippen LogP contribution in [0.3, 0.4) is 0 Å². The molecule has 24 heavy (non-hydrogen) atoms. The third-order valence-electron chi connectivity index (χ3n) is 4.07. The van der Waals surface area contributed by atoms with Crippen molar-refractivity contribution in [1.82, 2.24) is 14.7 Å². The summed E-state index contributed by atoms with van der Waals surface area (Å²) in [6, 6.07) is 12.2. The van der Waals surface area contributed by atoms with Crippen molar-refractivity contribution in [2.24, 2.45) is 5.92 Å². The van der Waals surface area contributed by atoms with Gasteiger partial charge in [0.05, 0.1) is 11.7 Å². The summed E-state index contributed by atoms with van der Waals surface area (Å²) < 4.78 is 14.9. The maximum Gasteiger partial charge on any atom is 0.223 e. The Morgan fingerprint density at radius 2 is 2.04 bits per heavy atom. The highest BCUT2D eigenvalue weighted by Crippen LogP contribution is 2.10. The molecule has 3 aromatic rings. The minimum absolute atomic E-state index is 0.000173. The van der Waals surface area contributed by atoms with Crippen molar-refractivity contribution in [2.45, 2.75) is 19.8 Å². The Morgan fingerprint density at radius 1 is 1.25 bits per heavy atom. The van der Waals surface area contributed by atoms with Gasteiger partial charge in [0.2, 0.25) is 5.91 Å². The minimum atomic E-state index is -0.261. The van der Waals surface area contributed by atoms with Crippen LogP contribution in [0.15, 0.2) is 54.9 Å². The monoisotopic (exact) mass is 325 g/mol. The molecule has 0 aliphatic rings. The second kappa shape index (κ2) is 7.25. The van der Waals surface area contributed by atoms with Gasteiger partial charge < -0.3 is 9.72 Å². The highest BCUT2D eigenvalue weighted by molar-refractivity contribution is 5.78. The lowest BCUT2D eigenvalue weighted by atomic mass is 10.0. The van der Waals surface area contributed by atoms with Gasteiger partial charge in [0.1, 0.15) is 11.6 Å². The van der Waals surface area contributed by atoms with E-state index in [1.54, 1.807) is 12.1 Å². The van der Waals surface area contributed by atoms with E-state index in [0.717, 1.165) is 16.9 Å².